The van der Waals surface area contributed by atoms with Crippen LogP contribution in [-0.4, -0.2) is 17.3 Å². The average Bonchev–Trinajstić information content (AvgIpc) is 2.34. The zero-order valence-electron chi connectivity index (χ0n) is 5.09. The molecule has 1 heterocycles. The Morgan fingerprint density at radius 2 is 2.56 bits per heavy atom. The molecule has 0 aliphatic rings. The third-order valence-electron chi connectivity index (χ3n) is 1.04. The summed E-state index contributed by atoms with van der Waals surface area (Å²) >= 11 is 4.06. The summed E-state index contributed by atoms with van der Waals surface area (Å²) in [7, 11) is 0. The predicted octanol–water partition coefficient (Wildman–Crippen LogP) is 1.36. The zero-order chi connectivity index (χ0) is 6.53. The van der Waals surface area contributed by atoms with Gasteiger partial charge in [0.25, 0.3) is 0 Å². The Balaban J connectivity index is 2.30. The maximum absolute atomic E-state index is 4.06. The lowest BCUT2D eigenvalue weighted by Gasteiger charge is -1.97. The van der Waals surface area contributed by atoms with Crippen LogP contribution in [0.4, 0.5) is 5.69 Å². The summed E-state index contributed by atoms with van der Waals surface area (Å²) in [5, 5.41) is 3.17. The number of hydrogen-bond donors (Lipinski definition) is 3. The molecule has 0 fully saturated rings. The number of hydrogen-bond acceptors (Lipinski definition) is 2. The van der Waals surface area contributed by atoms with E-state index < -0.39 is 0 Å². The van der Waals surface area contributed by atoms with E-state index in [1.165, 1.54) is 0 Å². The topological polar surface area (TPSA) is 27.8 Å². The first-order valence-corrected chi connectivity index (χ1v) is 3.54. The van der Waals surface area contributed by atoms with Crippen LogP contribution in [0.15, 0.2) is 18.5 Å². The summed E-state index contributed by atoms with van der Waals surface area (Å²) in [5.74, 6) is 0.866. The van der Waals surface area contributed by atoms with E-state index in [9.17, 15) is 0 Å². The van der Waals surface area contributed by atoms with Crippen molar-refractivity contribution in [2.24, 2.45) is 0 Å². The molecule has 1 aromatic heterocycles. The minimum Gasteiger partial charge on any atom is -0.383 e. The number of rotatable bonds is 3. The van der Waals surface area contributed by atoms with Gasteiger partial charge in [-0.2, -0.15) is 12.6 Å². The highest BCUT2D eigenvalue weighted by atomic mass is 32.1. The van der Waals surface area contributed by atoms with Gasteiger partial charge in [-0.05, 0) is 6.07 Å². The second kappa shape index (κ2) is 3.45. The molecule has 0 aliphatic heterocycles. The molecule has 0 aliphatic carbocycles. The van der Waals surface area contributed by atoms with Crippen LogP contribution < -0.4 is 5.32 Å². The van der Waals surface area contributed by atoms with Crippen molar-refractivity contribution in [2.45, 2.75) is 0 Å². The Kier molecular flexibility index (Phi) is 2.51. The molecule has 9 heavy (non-hydrogen) atoms. The molecule has 0 saturated carbocycles. The second-order valence-corrected chi connectivity index (χ2v) is 2.20. The van der Waals surface area contributed by atoms with Gasteiger partial charge < -0.3 is 10.3 Å². The van der Waals surface area contributed by atoms with Gasteiger partial charge in [0.15, 0.2) is 0 Å². The van der Waals surface area contributed by atoms with E-state index in [-0.39, 0.29) is 0 Å². The lowest BCUT2D eigenvalue weighted by Crippen LogP contribution is -2.00. The summed E-state index contributed by atoms with van der Waals surface area (Å²) in [6.45, 7) is 0.918. The number of nitrogens with one attached hydrogen (secondary N) is 2. The summed E-state index contributed by atoms with van der Waals surface area (Å²) in [5.41, 5.74) is 1.13. The van der Waals surface area contributed by atoms with Gasteiger partial charge in [0.05, 0.1) is 5.69 Å². The Labute approximate surface area is 60.1 Å². The van der Waals surface area contributed by atoms with Gasteiger partial charge in [0.1, 0.15) is 0 Å². The van der Waals surface area contributed by atoms with Crippen LogP contribution >= 0.6 is 12.6 Å². The third kappa shape index (κ3) is 2.01. The van der Waals surface area contributed by atoms with Crippen molar-refractivity contribution >= 4 is 18.3 Å². The van der Waals surface area contributed by atoms with Gasteiger partial charge in [-0.25, -0.2) is 0 Å². The van der Waals surface area contributed by atoms with E-state index in [0.717, 1.165) is 18.0 Å². The quantitative estimate of drug-likeness (QED) is 0.546. The lowest BCUT2D eigenvalue weighted by atomic mass is 10.5. The fourth-order valence-corrected chi connectivity index (χ4v) is 0.746. The molecule has 0 spiro atoms. The van der Waals surface area contributed by atoms with Gasteiger partial charge in [0, 0.05) is 24.7 Å². The molecular formula is C6H10N2S. The summed E-state index contributed by atoms with van der Waals surface area (Å²) in [4.78, 5) is 2.95. The molecule has 0 bridgehead atoms. The standard InChI is InChI=1S/C6H10N2S/c9-4-3-8-6-1-2-7-5-6/h1-2,5,7-9H,3-4H2. The van der Waals surface area contributed by atoms with E-state index in [4.69, 9.17) is 0 Å². The van der Waals surface area contributed by atoms with Gasteiger partial charge in [-0.1, -0.05) is 0 Å². The first-order chi connectivity index (χ1) is 4.43. The fourth-order valence-electron chi connectivity index (χ4n) is 0.634. The van der Waals surface area contributed by atoms with E-state index in [1.807, 2.05) is 18.5 Å². The zero-order valence-corrected chi connectivity index (χ0v) is 5.99. The molecular weight excluding hydrogens is 132 g/mol. The Hall–Kier alpha value is -0.570. The van der Waals surface area contributed by atoms with Gasteiger partial charge in [-0.15, -0.1) is 0 Å². The molecule has 50 valence electrons. The largest absolute Gasteiger partial charge is 0.383 e. The monoisotopic (exact) mass is 142 g/mol. The van der Waals surface area contributed by atoms with Crippen molar-refractivity contribution in [1.82, 2.24) is 4.98 Å². The lowest BCUT2D eigenvalue weighted by molar-refractivity contribution is 1.24. The van der Waals surface area contributed by atoms with Crippen LogP contribution in [0.3, 0.4) is 0 Å². The molecule has 0 amide bonds. The summed E-state index contributed by atoms with van der Waals surface area (Å²) < 4.78 is 0. The second-order valence-electron chi connectivity index (χ2n) is 1.75. The highest BCUT2D eigenvalue weighted by Crippen LogP contribution is 2.01. The maximum Gasteiger partial charge on any atom is 0.0517 e. The molecule has 1 aromatic rings. The number of thiol groups is 1. The molecule has 3 heteroatoms. The van der Waals surface area contributed by atoms with Crippen molar-refractivity contribution in [3.63, 3.8) is 0 Å². The predicted molar refractivity (Wildman–Crippen MR) is 43.1 cm³/mol. The molecule has 0 aromatic carbocycles. The smallest absolute Gasteiger partial charge is 0.0517 e. The molecule has 0 radical (unpaired) electrons. The van der Waals surface area contributed by atoms with Crippen molar-refractivity contribution in [3.8, 4) is 0 Å². The highest BCUT2D eigenvalue weighted by molar-refractivity contribution is 7.80. The fraction of sp³-hybridized carbons (Fsp3) is 0.333. The molecule has 0 atom stereocenters. The highest BCUT2D eigenvalue weighted by Gasteiger charge is 1.85. The Bertz CT molecular complexity index is 148. The maximum atomic E-state index is 4.06. The minimum absolute atomic E-state index is 0.866. The van der Waals surface area contributed by atoms with Crippen molar-refractivity contribution in [2.75, 3.05) is 17.6 Å². The minimum atomic E-state index is 0.866. The average molecular weight is 142 g/mol. The van der Waals surface area contributed by atoms with Crippen LogP contribution in [-0.2, 0) is 0 Å². The molecule has 0 saturated heterocycles. The van der Waals surface area contributed by atoms with E-state index in [0.29, 0.717) is 0 Å². The molecule has 2 nitrogen and oxygen atoms in total. The van der Waals surface area contributed by atoms with Gasteiger partial charge >= 0.3 is 0 Å². The number of aromatic nitrogens is 1. The summed E-state index contributed by atoms with van der Waals surface area (Å²) in [6.07, 6.45) is 3.81. The van der Waals surface area contributed by atoms with E-state index in [2.05, 4.69) is 22.9 Å². The number of anilines is 1. The normalized spacial score (nSPS) is 9.44. The van der Waals surface area contributed by atoms with Crippen molar-refractivity contribution in [1.29, 1.82) is 0 Å². The Morgan fingerprint density at radius 1 is 1.67 bits per heavy atom. The number of aromatic amines is 1. The van der Waals surface area contributed by atoms with Crippen LogP contribution in [0, 0.1) is 0 Å². The first kappa shape index (κ1) is 6.55. The SMILES string of the molecule is SCCNc1cc[nH]c1. The molecule has 1 rings (SSSR count). The number of H-pyrrole nitrogens is 1. The van der Waals surface area contributed by atoms with Gasteiger partial charge in [0.2, 0.25) is 0 Å². The Morgan fingerprint density at radius 3 is 3.11 bits per heavy atom. The van der Waals surface area contributed by atoms with E-state index in [1.54, 1.807) is 0 Å². The van der Waals surface area contributed by atoms with Crippen LogP contribution in [0.25, 0.3) is 0 Å². The first-order valence-electron chi connectivity index (χ1n) is 2.91. The van der Waals surface area contributed by atoms with Crippen LogP contribution in [0.1, 0.15) is 0 Å². The third-order valence-corrected chi connectivity index (χ3v) is 1.26. The molecule has 2 N–H and O–H groups in total. The summed E-state index contributed by atoms with van der Waals surface area (Å²) in [6, 6.07) is 1.99. The van der Waals surface area contributed by atoms with Gasteiger partial charge in [-0.3, -0.25) is 0 Å². The molecule has 0 unspecified atom stereocenters. The van der Waals surface area contributed by atoms with Crippen molar-refractivity contribution in [3.05, 3.63) is 18.5 Å². The van der Waals surface area contributed by atoms with Crippen molar-refractivity contribution < 1.29 is 0 Å². The van der Waals surface area contributed by atoms with E-state index >= 15 is 0 Å². The van der Waals surface area contributed by atoms with Crippen LogP contribution in [0.5, 0.6) is 0 Å². The van der Waals surface area contributed by atoms with Crippen LogP contribution in [0.2, 0.25) is 0 Å².